The number of esters is 2. The van der Waals surface area contributed by atoms with Crippen molar-refractivity contribution in [2.75, 3.05) is 13.2 Å². The maximum atomic E-state index is 12.7. The SMILES string of the molecule is CCOC(=O)/C(=C(\C(=O)OCC)C1CCCC1)C1CCCCC1. The fraction of sp³-hybridized carbons (Fsp3) is 0.789. The van der Waals surface area contributed by atoms with E-state index in [-0.39, 0.29) is 23.8 Å². The predicted molar refractivity (Wildman–Crippen MR) is 88.8 cm³/mol. The zero-order valence-corrected chi connectivity index (χ0v) is 14.6. The topological polar surface area (TPSA) is 52.6 Å². The zero-order chi connectivity index (χ0) is 16.7. The number of ether oxygens (including phenoxy) is 2. The summed E-state index contributed by atoms with van der Waals surface area (Å²) in [5, 5.41) is 0. The van der Waals surface area contributed by atoms with Crippen LogP contribution < -0.4 is 0 Å². The molecule has 0 N–H and O–H groups in total. The van der Waals surface area contributed by atoms with Gasteiger partial charge in [-0.25, -0.2) is 9.59 Å². The van der Waals surface area contributed by atoms with Gasteiger partial charge < -0.3 is 9.47 Å². The first-order valence-corrected chi connectivity index (χ1v) is 9.27. The summed E-state index contributed by atoms with van der Waals surface area (Å²) in [5.74, 6) is -0.277. The van der Waals surface area contributed by atoms with Crippen LogP contribution in [-0.4, -0.2) is 25.2 Å². The molecule has 4 heteroatoms. The van der Waals surface area contributed by atoms with Crippen LogP contribution in [0.4, 0.5) is 0 Å². The quantitative estimate of drug-likeness (QED) is 0.544. The Morgan fingerprint density at radius 3 is 1.39 bits per heavy atom. The van der Waals surface area contributed by atoms with Crippen LogP contribution in [0.1, 0.15) is 71.6 Å². The maximum absolute atomic E-state index is 12.7. The first kappa shape index (κ1) is 18.0. The molecule has 130 valence electrons. The van der Waals surface area contributed by atoms with Crippen LogP contribution in [0.3, 0.4) is 0 Å². The van der Waals surface area contributed by atoms with E-state index in [9.17, 15) is 9.59 Å². The number of hydrogen-bond acceptors (Lipinski definition) is 4. The Kier molecular flexibility index (Phi) is 7.13. The maximum Gasteiger partial charge on any atom is 0.334 e. The lowest BCUT2D eigenvalue weighted by molar-refractivity contribution is -0.143. The lowest BCUT2D eigenvalue weighted by atomic mass is 9.79. The van der Waals surface area contributed by atoms with Gasteiger partial charge in [-0.1, -0.05) is 32.1 Å². The Balaban J connectivity index is 2.41. The summed E-state index contributed by atoms with van der Waals surface area (Å²) in [6, 6.07) is 0. The molecule has 2 rings (SSSR count). The van der Waals surface area contributed by atoms with Gasteiger partial charge in [-0.2, -0.15) is 0 Å². The minimum atomic E-state index is -0.298. The molecule has 0 spiro atoms. The molecule has 0 atom stereocenters. The van der Waals surface area contributed by atoms with E-state index in [4.69, 9.17) is 9.47 Å². The standard InChI is InChI=1S/C19H30O4/c1-3-22-18(20)16(14-10-6-5-7-11-14)17(19(21)23-4-2)15-12-8-9-13-15/h14-15H,3-13H2,1-2H3/b17-16-. The Hall–Kier alpha value is -1.32. The van der Waals surface area contributed by atoms with Crippen LogP contribution in [0.2, 0.25) is 0 Å². The molecular formula is C19H30O4. The smallest absolute Gasteiger partial charge is 0.334 e. The van der Waals surface area contributed by atoms with Crippen LogP contribution in [0.25, 0.3) is 0 Å². The first-order valence-electron chi connectivity index (χ1n) is 9.27. The molecule has 0 aromatic heterocycles. The molecule has 2 aliphatic rings. The first-order chi connectivity index (χ1) is 11.2. The molecule has 2 aliphatic carbocycles. The number of rotatable bonds is 6. The summed E-state index contributed by atoms with van der Waals surface area (Å²) in [7, 11) is 0. The third-order valence-corrected chi connectivity index (χ3v) is 5.06. The van der Waals surface area contributed by atoms with E-state index in [1.54, 1.807) is 0 Å². The highest BCUT2D eigenvalue weighted by Gasteiger charge is 2.35. The molecule has 0 radical (unpaired) electrons. The van der Waals surface area contributed by atoms with Crippen LogP contribution >= 0.6 is 0 Å². The van der Waals surface area contributed by atoms with Crippen LogP contribution in [-0.2, 0) is 19.1 Å². The Morgan fingerprint density at radius 1 is 0.696 bits per heavy atom. The molecule has 2 saturated carbocycles. The molecule has 0 unspecified atom stereocenters. The average molecular weight is 322 g/mol. The molecule has 0 aromatic carbocycles. The molecule has 0 amide bonds. The molecule has 0 aliphatic heterocycles. The van der Waals surface area contributed by atoms with Crippen LogP contribution in [0.15, 0.2) is 11.1 Å². The summed E-state index contributed by atoms with van der Waals surface area (Å²) >= 11 is 0. The molecule has 0 heterocycles. The fourth-order valence-corrected chi connectivity index (χ4v) is 4.02. The third kappa shape index (κ3) is 4.58. The summed E-state index contributed by atoms with van der Waals surface area (Å²) in [5.41, 5.74) is 1.27. The number of carbonyl (C=O) groups excluding carboxylic acids is 2. The van der Waals surface area contributed by atoms with Crippen LogP contribution in [0, 0.1) is 11.8 Å². The van der Waals surface area contributed by atoms with Crippen molar-refractivity contribution in [3.05, 3.63) is 11.1 Å². The lowest BCUT2D eigenvalue weighted by Crippen LogP contribution is -2.26. The predicted octanol–water partition coefficient (Wildman–Crippen LogP) is 4.18. The number of hydrogen-bond donors (Lipinski definition) is 0. The van der Waals surface area contributed by atoms with Crippen molar-refractivity contribution in [1.82, 2.24) is 0 Å². The highest BCUT2D eigenvalue weighted by atomic mass is 16.5. The zero-order valence-electron chi connectivity index (χ0n) is 14.6. The lowest BCUT2D eigenvalue weighted by Gasteiger charge is -2.27. The minimum absolute atomic E-state index is 0.155. The monoisotopic (exact) mass is 322 g/mol. The summed E-state index contributed by atoms with van der Waals surface area (Å²) in [6.07, 6.45) is 9.59. The molecule has 0 aromatic rings. The highest BCUT2D eigenvalue weighted by molar-refractivity contribution is 6.01. The molecule has 2 fully saturated rings. The fourth-order valence-electron chi connectivity index (χ4n) is 4.02. The summed E-state index contributed by atoms with van der Waals surface area (Å²) < 4.78 is 10.6. The van der Waals surface area contributed by atoms with Crippen molar-refractivity contribution in [1.29, 1.82) is 0 Å². The van der Waals surface area contributed by atoms with E-state index in [0.29, 0.717) is 24.4 Å². The van der Waals surface area contributed by atoms with E-state index in [1.165, 1.54) is 6.42 Å². The van der Waals surface area contributed by atoms with Gasteiger partial charge in [0.2, 0.25) is 0 Å². The Labute approximate surface area is 139 Å². The molecule has 4 nitrogen and oxygen atoms in total. The largest absolute Gasteiger partial charge is 0.463 e. The van der Waals surface area contributed by atoms with Crippen molar-refractivity contribution < 1.29 is 19.1 Å². The molecule has 23 heavy (non-hydrogen) atoms. The van der Waals surface area contributed by atoms with Gasteiger partial charge in [0.15, 0.2) is 0 Å². The average Bonchev–Trinajstić information content (AvgIpc) is 3.07. The highest BCUT2D eigenvalue weighted by Crippen LogP contribution is 2.39. The summed E-state index contributed by atoms with van der Waals surface area (Å²) in [6.45, 7) is 4.32. The molecular weight excluding hydrogens is 292 g/mol. The number of carbonyl (C=O) groups is 2. The van der Waals surface area contributed by atoms with Crippen molar-refractivity contribution in [2.24, 2.45) is 11.8 Å². The normalized spacial score (nSPS) is 21.0. The van der Waals surface area contributed by atoms with Gasteiger partial charge in [0.25, 0.3) is 0 Å². The van der Waals surface area contributed by atoms with Crippen molar-refractivity contribution in [2.45, 2.75) is 71.6 Å². The minimum Gasteiger partial charge on any atom is -0.463 e. The van der Waals surface area contributed by atoms with Gasteiger partial charge >= 0.3 is 11.9 Å². The van der Waals surface area contributed by atoms with Gasteiger partial charge in [-0.15, -0.1) is 0 Å². The van der Waals surface area contributed by atoms with Crippen molar-refractivity contribution in [3.8, 4) is 0 Å². The Bertz CT molecular complexity index is 440. The van der Waals surface area contributed by atoms with Crippen molar-refractivity contribution >= 4 is 11.9 Å². The Morgan fingerprint density at radius 2 is 1.04 bits per heavy atom. The molecule has 0 saturated heterocycles. The van der Waals surface area contributed by atoms with Gasteiger partial charge in [0.05, 0.1) is 24.4 Å². The van der Waals surface area contributed by atoms with Crippen molar-refractivity contribution in [3.63, 3.8) is 0 Å². The second-order valence-electron chi connectivity index (χ2n) is 6.58. The second kappa shape index (κ2) is 9.09. The molecule has 0 bridgehead atoms. The van der Waals surface area contributed by atoms with E-state index >= 15 is 0 Å². The second-order valence-corrected chi connectivity index (χ2v) is 6.58. The van der Waals surface area contributed by atoms with Gasteiger partial charge in [0, 0.05) is 0 Å². The van der Waals surface area contributed by atoms with Gasteiger partial charge in [0.1, 0.15) is 0 Å². The van der Waals surface area contributed by atoms with E-state index in [0.717, 1.165) is 51.4 Å². The summed E-state index contributed by atoms with van der Waals surface area (Å²) in [4.78, 5) is 25.3. The van der Waals surface area contributed by atoms with E-state index < -0.39 is 0 Å². The van der Waals surface area contributed by atoms with E-state index in [1.807, 2.05) is 13.8 Å². The van der Waals surface area contributed by atoms with Gasteiger partial charge in [-0.05, 0) is 51.4 Å². The van der Waals surface area contributed by atoms with Gasteiger partial charge in [-0.3, -0.25) is 0 Å². The third-order valence-electron chi connectivity index (χ3n) is 5.06. The van der Waals surface area contributed by atoms with E-state index in [2.05, 4.69) is 0 Å². The van der Waals surface area contributed by atoms with Crippen LogP contribution in [0.5, 0.6) is 0 Å².